The molecule has 0 radical (unpaired) electrons. The van der Waals surface area contributed by atoms with Gasteiger partial charge in [0.25, 0.3) is 5.91 Å². The third kappa shape index (κ3) is 4.89. The van der Waals surface area contributed by atoms with E-state index in [0.29, 0.717) is 29.6 Å². The van der Waals surface area contributed by atoms with Crippen molar-refractivity contribution in [2.24, 2.45) is 0 Å². The van der Waals surface area contributed by atoms with Crippen LogP contribution in [0.25, 0.3) is 21.5 Å². The van der Waals surface area contributed by atoms with Gasteiger partial charge in [0.1, 0.15) is 5.01 Å². The van der Waals surface area contributed by atoms with Crippen molar-refractivity contribution in [2.75, 3.05) is 0 Å². The molecule has 3 aromatic heterocycles. The minimum atomic E-state index is -4.64. The summed E-state index contributed by atoms with van der Waals surface area (Å²) in [5.41, 5.74) is 1.95. The second kappa shape index (κ2) is 9.18. The third-order valence-electron chi connectivity index (χ3n) is 5.01. The van der Waals surface area contributed by atoms with Gasteiger partial charge in [-0.3, -0.25) is 9.48 Å². The van der Waals surface area contributed by atoms with E-state index in [0.717, 1.165) is 33.2 Å². The van der Waals surface area contributed by atoms with Crippen LogP contribution in [0.5, 0.6) is 0 Å². The van der Waals surface area contributed by atoms with Crippen LogP contribution in [0, 0.1) is 18.3 Å². The Kier molecular flexibility index (Phi) is 6.30. The van der Waals surface area contributed by atoms with Crippen molar-refractivity contribution >= 4 is 28.1 Å². The first kappa shape index (κ1) is 23.3. The van der Waals surface area contributed by atoms with Gasteiger partial charge in [0.05, 0.1) is 30.6 Å². The van der Waals surface area contributed by atoms with Crippen LogP contribution in [0.15, 0.2) is 36.9 Å². The first-order chi connectivity index (χ1) is 16.2. The lowest BCUT2D eigenvalue weighted by atomic mass is 10.1. The number of halogens is 3. The molecule has 1 aromatic carbocycles. The van der Waals surface area contributed by atoms with Gasteiger partial charge in [-0.05, 0) is 26.0 Å². The molecule has 12 heteroatoms. The number of nitrogens with one attached hydrogen (secondary N) is 1. The number of hydrogen-bond acceptors (Lipinski definition) is 7. The zero-order valence-corrected chi connectivity index (χ0v) is 18.9. The third-order valence-corrected chi connectivity index (χ3v) is 5.96. The average molecular weight is 485 g/mol. The molecule has 1 N–H and O–H groups in total. The van der Waals surface area contributed by atoms with Gasteiger partial charge in [0.2, 0.25) is 5.82 Å². The van der Waals surface area contributed by atoms with Gasteiger partial charge in [-0.25, -0.2) is 15.0 Å². The summed E-state index contributed by atoms with van der Waals surface area (Å²) in [4.78, 5) is 25.2. The summed E-state index contributed by atoms with van der Waals surface area (Å²) in [6.07, 6.45) is 1.31. The van der Waals surface area contributed by atoms with Crippen molar-refractivity contribution in [3.8, 4) is 16.6 Å². The average Bonchev–Trinajstić information content (AvgIpc) is 3.42. The van der Waals surface area contributed by atoms with Crippen molar-refractivity contribution in [1.82, 2.24) is 30.0 Å². The quantitative estimate of drug-likeness (QED) is 0.425. The lowest BCUT2D eigenvalue weighted by Gasteiger charge is -2.15. The number of nitriles is 1. The van der Waals surface area contributed by atoms with Crippen LogP contribution in [0.4, 0.5) is 13.2 Å². The van der Waals surface area contributed by atoms with Crippen LogP contribution in [0.2, 0.25) is 0 Å². The number of carbonyl (C=O) groups is 1. The number of rotatable bonds is 6. The Bertz CT molecular complexity index is 1390. The first-order valence-corrected chi connectivity index (χ1v) is 11.0. The highest BCUT2D eigenvalue weighted by molar-refractivity contribution is 7.15. The smallest absolute Gasteiger partial charge is 0.345 e. The Morgan fingerprint density at radius 3 is 2.59 bits per heavy atom. The Morgan fingerprint density at radius 2 is 1.97 bits per heavy atom. The zero-order valence-electron chi connectivity index (χ0n) is 18.1. The number of nitrogens with zero attached hydrogens (tertiary/aromatic N) is 6. The van der Waals surface area contributed by atoms with Gasteiger partial charge in [0.15, 0.2) is 0 Å². The molecular formula is C22H18F3N7OS. The number of aromatic nitrogens is 5. The van der Waals surface area contributed by atoms with Crippen molar-refractivity contribution in [2.45, 2.75) is 39.0 Å². The molecule has 0 unspecified atom stereocenters. The number of alkyl halides is 3. The first-order valence-electron chi connectivity index (χ1n) is 10.2. The molecule has 0 fully saturated rings. The SMILES string of the molecule is Cc1cnc(-c2cc(C(=O)N[C@H](C)c3cnc(C(F)(F)F)nc3)cc3nn(CCC#N)cc23)s1. The standard InChI is InChI=1S/C22H18F3N7OS/c1-12-8-27-20(34-12)16-6-14(7-18-17(16)11-32(31-18)5-3-4-26)19(33)30-13(2)15-9-28-21(29-10-15)22(23,24)25/h6-11,13H,3,5H2,1-2H3,(H,30,33)/t13-/m1/s1. The number of amides is 1. The molecule has 0 saturated carbocycles. The van der Waals surface area contributed by atoms with Crippen molar-refractivity contribution in [3.05, 3.63) is 58.7 Å². The lowest BCUT2D eigenvalue weighted by molar-refractivity contribution is -0.145. The van der Waals surface area contributed by atoms with Crippen LogP contribution in [-0.4, -0.2) is 30.6 Å². The molecule has 1 atom stereocenters. The molecule has 0 saturated heterocycles. The maximum absolute atomic E-state index is 13.0. The summed E-state index contributed by atoms with van der Waals surface area (Å²) >= 11 is 1.48. The van der Waals surface area contributed by atoms with Gasteiger partial charge in [-0.15, -0.1) is 11.3 Å². The van der Waals surface area contributed by atoms with Crippen LogP contribution in [0.3, 0.4) is 0 Å². The summed E-state index contributed by atoms with van der Waals surface area (Å²) in [5.74, 6) is -1.68. The van der Waals surface area contributed by atoms with E-state index in [2.05, 4.69) is 31.4 Å². The molecule has 3 heterocycles. The van der Waals surface area contributed by atoms with E-state index < -0.39 is 23.9 Å². The molecule has 4 rings (SSSR count). The fourth-order valence-corrected chi connectivity index (χ4v) is 4.10. The zero-order chi connectivity index (χ0) is 24.5. The van der Waals surface area contributed by atoms with Gasteiger partial charge >= 0.3 is 6.18 Å². The highest BCUT2D eigenvalue weighted by atomic mass is 32.1. The van der Waals surface area contributed by atoms with E-state index in [1.165, 1.54) is 11.3 Å². The number of carbonyl (C=O) groups excluding carboxylic acids is 1. The normalized spacial score (nSPS) is 12.5. The lowest BCUT2D eigenvalue weighted by Crippen LogP contribution is -2.27. The van der Waals surface area contributed by atoms with Crippen LogP contribution in [0.1, 0.15) is 46.0 Å². The van der Waals surface area contributed by atoms with E-state index in [4.69, 9.17) is 5.26 Å². The maximum atomic E-state index is 13.0. The number of fused-ring (bicyclic) bond motifs is 1. The Morgan fingerprint density at radius 1 is 1.24 bits per heavy atom. The summed E-state index contributed by atoms with van der Waals surface area (Å²) in [6.45, 7) is 3.97. The fourth-order valence-electron chi connectivity index (χ4n) is 3.31. The predicted octanol–water partition coefficient (Wildman–Crippen LogP) is 4.68. The minimum absolute atomic E-state index is 0.291. The van der Waals surface area contributed by atoms with Crippen LogP contribution in [-0.2, 0) is 12.7 Å². The molecule has 8 nitrogen and oxygen atoms in total. The predicted molar refractivity (Wildman–Crippen MR) is 119 cm³/mol. The summed E-state index contributed by atoms with van der Waals surface area (Å²) in [7, 11) is 0. The van der Waals surface area contributed by atoms with Gasteiger partial charge in [-0.2, -0.15) is 23.5 Å². The highest BCUT2D eigenvalue weighted by Crippen LogP contribution is 2.33. The molecule has 0 spiro atoms. The Balaban J connectivity index is 1.65. The Labute approximate surface area is 196 Å². The van der Waals surface area contributed by atoms with Crippen molar-refractivity contribution in [1.29, 1.82) is 5.26 Å². The number of benzene rings is 1. The topological polar surface area (TPSA) is 109 Å². The van der Waals surface area contributed by atoms with E-state index in [-0.39, 0.29) is 0 Å². The number of thiazole rings is 1. The molecule has 174 valence electrons. The largest absolute Gasteiger partial charge is 0.451 e. The second-order valence-corrected chi connectivity index (χ2v) is 8.80. The molecule has 34 heavy (non-hydrogen) atoms. The van der Waals surface area contributed by atoms with Crippen LogP contribution >= 0.6 is 11.3 Å². The van der Waals surface area contributed by atoms with Gasteiger partial charge in [-0.1, -0.05) is 0 Å². The molecular weight excluding hydrogens is 467 g/mol. The summed E-state index contributed by atoms with van der Waals surface area (Å²) in [5, 5.41) is 17.7. The molecule has 0 bridgehead atoms. The second-order valence-electron chi connectivity index (χ2n) is 7.57. The number of hydrogen-bond donors (Lipinski definition) is 1. The summed E-state index contributed by atoms with van der Waals surface area (Å²) in [6, 6.07) is 4.79. The minimum Gasteiger partial charge on any atom is -0.345 e. The highest BCUT2D eigenvalue weighted by Gasteiger charge is 2.34. The van der Waals surface area contributed by atoms with Gasteiger partial charge < -0.3 is 5.32 Å². The van der Waals surface area contributed by atoms with E-state index >= 15 is 0 Å². The molecule has 4 aromatic rings. The van der Waals surface area contributed by atoms with Gasteiger partial charge in [0, 0.05) is 51.7 Å². The molecule has 0 aliphatic carbocycles. The maximum Gasteiger partial charge on any atom is 0.451 e. The van der Waals surface area contributed by atoms with Crippen molar-refractivity contribution < 1.29 is 18.0 Å². The Hall–Kier alpha value is -3.85. The fraction of sp³-hybridized carbons (Fsp3) is 0.273. The number of aryl methyl sites for hydroxylation is 2. The van der Waals surface area contributed by atoms with E-state index in [1.807, 2.05) is 13.1 Å². The summed E-state index contributed by atoms with van der Waals surface area (Å²) < 4.78 is 39.8. The van der Waals surface area contributed by atoms with E-state index in [9.17, 15) is 18.0 Å². The molecule has 0 aliphatic heterocycles. The van der Waals surface area contributed by atoms with E-state index in [1.54, 1.807) is 29.9 Å². The van der Waals surface area contributed by atoms with Crippen LogP contribution < -0.4 is 5.32 Å². The monoisotopic (exact) mass is 485 g/mol. The van der Waals surface area contributed by atoms with Crippen molar-refractivity contribution in [3.63, 3.8) is 0 Å². The molecule has 1 amide bonds. The molecule has 0 aliphatic rings.